The fraction of sp³-hybridized carbons (Fsp3) is 1.00. The van der Waals surface area contributed by atoms with Gasteiger partial charge in [0, 0.05) is 16.6 Å². The maximum absolute atomic E-state index is 11.2. The van der Waals surface area contributed by atoms with Crippen LogP contribution in [0.25, 0.3) is 0 Å². The van der Waals surface area contributed by atoms with Gasteiger partial charge in [-0.05, 0) is 18.8 Å². The van der Waals surface area contributed by atoms with Crippen molar-refractivity contribution in [3.8, 4) is 0 Å². The van der Waals surface area contributed by atoms with Crippen LogP contribution in [-0.2, 0) is 13.8 Å². The Morgan fingerprint density at radius 3 is 2.18 bits per heavy atom. The van der Waals surface area contributed by atoms with E-state index in [9.17, 15) is 8.42 Å². The Morgan fingerprint density at radius 1 is 1.29 bits per heavy atom. The Balaban J connectivity index is 4.42. The van der Waals surface area contributed by atoms with Gasteiger partial charge < -0.3 is 4.74 Å². The highest BCUT2D eigenvalue weighted by Gasteiger charge is 2.29. The van der Waals surface area contributed by atoms with Crippen molar-refractivity contribution >= 4 is 19.7 Å². The minimum atomic E-state index is -3.47. The van der Waals surface area contributed by atoms with Crippen LogP contribution >= 0.6 is 10.7 Å². The third-order valence-corrected chi connectivity index (χ3v) is 4.08. The number of hydrogen-bond acceptors (Lipinski definition) is 3. The van der Waals surface area contributed by atoms with E-state index in [-0.39, 0.29) is 23.2 Å². The average Bonchev–Trinajstić information content (AvgIpc) is 2.09. The van der Waals surface area contributed by atoms with Gasteiger partial charge in [-0.25, -0.2) is 8.42 Å². The molecule has 0 amide bonds. The third kappa shape index (κ3) is 8.86. The minimum Gasteiger partial charge on any atom is -0.378 e. The van der Waals surface area contributed by atoms with Crippen molar-refractivity contribution in [3.63, 3.8) is 0 Å². The quantitative estimate of drug-likeness (QED) is 0.673. The van der Waals surface area contributed by atoms with Gasteiger partial charge >= 0.3 is 0 Å². The van der Waals surface area contributed by atoms with Crippen molar-refractivity contribution in [2.45, 2.75) is 53.6 Å². The van der Waals surface area contributed by atoms with E-state index in [0.29, 0.717) is 6.61 Å². The molecule has 0 aromatic heterocycles. The molecule has 0 aliphatic heterocycles. The lowest BCUT2D eigenvalue weighted by atomic mass is 9.82. The Bertz CT molecular complexity index is 306. The van der Waals surface area contributed by atoms with Crippen LogP contribution in [0.5, 0.6) is 0 Å². The van der Waals surface area contributed by atoms with E-state index < -0.39 is 9.05 Å². The molecule has 5 heteroatoms. The zero-order valence-electron chi connectivity index (χ0n) is 11.5. The van der Waals surface area contributed by atoms with Gasteiger partial charge in [-0.3, -0.25) is 0 Å². The molecular formula is C12H25ClO3S. The highest BCUT2D eigenvalue weighted by Crippen LogP contribution is 2.28. The predicted octanol–water partition coefficient (Wildman–Crippen LogP) is 3.42. The van der Waals surface area contributed by atoms with E-state index in [0.717, 1.165) is 12.8 Å². The summed E-state index contributed by atoms with van der Waals surface area (Å²) in [5.41, 5.74) is -0.131. The van der Waals surface area contributed by atoms with Crippen LogP contribution in [0.2, 0.25) is 0 Å². The second kappa shape index (κ2) is 6.95. The zero-order valence-corrected chi connectivity index (χ0v) is 13.1. The van der Waals surface area contributed by atoms with Gasteiger partial charge in [-0.15, -0.1) is 0 Å². The first kappa shape index (κ1) is 17.2. The molecule has 0 spiro atoms. The highest BCUT2D eigenvalue weighted by atomic mass is 35.7. The number of hydrogen-bond donors (Lipinski definition) is 0. The topological polar surface area (TPSA) is 43.4 Å². The molecule has 0 heterocycles. The first-order chi connectivity index (χ1) is 7.56. The Morgan fingerprint density at radius 2 is 1.82 bits per heavy atom. The van der Waals surface area contributed by atoms with Gasteiger partial charge in [-0.2, -0.15) is 0 Å². The minimum absolute atomic E-state index is 0.0309. The average molecular weight is 285 g/mol. The van der Waals surface area contributed by atoms with Gasteiger partial charge in [0.1, 0.15) is 0 Å². The Hall–Kier alpha value is 0.200. The second-order valence-electron chi connectivity index (χ2n) is 5.70. The van der Waals surface area contributed by atoms with Crippen molar-refractivity contribution < 1.29 is 13.2 Å². The predicted molar refractivity (Wildman–Crippen MR) is 72.9 cm³/mol. The first-order valence-corrected chi connectivity index (χ1v) is 8.58. The molecular weight excluding hydrogens is 260 g/mol. The van der Waals surface area contributed by atoms with E-state index in [4.69, 9.17) is 15.4 Å². The molecule has 0 fully saturated rings. The van der Waals surface area contributed by atoms with Crippen LogP contribution in [0.4, 0.5) is 0 Å². The molecule has 0 rings (SSSR count). The van der Waals surface area contributed by atoms with Gasteiger partial charge in [0.15, 0.2) is 0 Å². The lowest BCUT2D eigenvalue weighted by Gasteiger charge is -2.30. The summed E-state index contributed by atoms with van der Waals surface area (Å²) in [4.78, 5) is 0. The second-order valence-corrected chi connectivity index (χ2v) is 8.52. The molecule has 0 aliphatic rings. The summed E-state index contributed by atoms with van der Waals surface area (Å²) in [6.07, 6.45) is 2.22. The van der Waals surface area contributed by atoms with E-state index in [1.165, 1.54) is 0 Å². The zero-order chi connectivity index (χ0) is 13.7. The van der Waals surface area contributed by atoms with Crippen LogP contribution in [0.3, 0.4) is 0 Å². The smallest absolute Gasteiger partial charge is 0.232 e. The molecule has 0 aromatic rings. The molecule has 0 N–H and O–H groups in total. The fourth-order valence-corrected chi connectivity index (χ4v) is 3.09. The SMILES string of the molecule is CCCC(C)OCC(CS(=O)(=O)Cl)C(C)(C)C. The molecule has 2 unspecified atom stereocenters. The van der Waals surface area contributed by atoms with E-state index in [1.54, 1.807) is 0 Å². The number of ether oxygens (including phenoxy) is 1. The van der Waals surface area contributed by atoms with Gasteiger partial charge in [0.2, 0.25) is 9.05 Å². The van der Waals surface area contributed by atoms with Crippen LogP contribution < -0.4 is 0 Å². The summed E-state index contributed by atoms with van der Waals surface area (Å²) in [5.74, 6) is -0.110. The van der Waals surface area contributed by atoms with Gasteiger partial charge in [0.25, 0.3) is 0 Å². The van der Waals surface area contributed by atoms with Crippen molar-refractivity contribution in [1.82, 2.24) is 0 Å². The molecule has 0 radical (unpaired) electrons. The molecule has 0 saturated carbocycles. The van der Waals surface area contributed by atoms with Crippen molar-refractivity contribution in [2.24, 2.45) is 11.3 Å². The summed E-state index contributed by atoms with van der Waals surface area (Å²) in [7, 11) is 1.85. The molecule has 104 valence electrons. The van der Waals surface area contributed by atoms with Gasteiger partial charge in [-0.1, -0.05) is 34.1 Å². The maximum Gasteiger partial charge on any atom is 0.232 e. The lowest BCUT2D eigenvalue weighted by Crippen LogP contribution is -2.32. The summed E-state index contributed by atoms with van der Waals surface area (Å²) in [6.45, 7) is 10.6. The molecule has 2 atom stereocenters. The van der Waals surface area contributed by atoms with Crippen LogP contribution in [0.15, 0.2) is 0 Å². The van der Waals surface area contributed by atoms with E-state index >= 15 is 0 Å². The molecule has 0 bridgehead atoms. The maximum atomic E-state index is 11.2. The van der Waals surface area contributed by atoms with Crippen molar-refractivity contribution in [2.75, 3.05) is 12.4 Å². The van der Waals surface area contributed by atoms with Crippen molar-refractivity contribution in [3.05, 3.63) is 0 Å². The summed E-state index contributed by atoms with van der Waals surface area (Å²) >= 11 is 0. The molecule has 17 heavy (non-hydrogen) atoms. The fourth-order valence-electron chi connectivity index (χ4n) is 1.56. The van der Waals surface area contributed by atoms with Crippen molar-refractivity contribution in [1.29, 1.82) is 0 Å². The standard InChI is InChI=1S/C12H25ClO3S/c1-6-7-10(2)16-8-11(12(3,4)5)9-17(13,14)15/h10-11H,6-9H2,1-5H3. The number of rotatable bonds is 7. The molecule has 3 nitrogen and oxygen atoms in total. The van der Waals surface area contributed by atoms with Crippen LogP contribution in [-0.4, -0.2) is 26.9 Å². The monoisotopic (exact) mass is 284 g/mol. The van der Waals surface area contributed by atoms with E-state index in [2.05, 4.69) is 6.92 Å². The molecule has 0 aromatic carbocycles. The normalized spacial score (nSPS) is 16.8. The lowest BCUT2D eigenvalue weighted by molar-refractivity contribution is 0.0138. The van der Waals surface area contributed by atoms with Crippen LogP contribution in [0.1, 0.15) is 47.5 Å². The summed E-state index contributed by atoms with van der Waals surface area (Å²) < 4.78 is 28.0. The largest absolute Gasteiger partial charge is 0.378 e. The molecule has 0 saturated heterocycles. The summed E-state index contributed by atoms with van der Waals surface area (Å²) in [5, 5.41) is 0. The van der Waals surface area contributed by atoms with Crippen LogP contribution in [0, 0.1) is 11.3 Å². The van der Waals surface area contributed by atoms with E-state index in [1.807, 2.05) is 27.7 Å². The number of halogens is 1. The third-order valence-electron chi connectivity index (χ3n) is 2.90. The molecule has 0 aliphatic carbocycles. The van der Waals surface area contributed by atoms with Gasteiger partial charge in [0.05, 0.1) is 18.5 Å². The Labute approximate surface area is 110 Å². The summed E-state index contributed by atoms with van der Waals surface area (Å²) in [6, 6.07) is 0. The first-order valence-electron chi connectivity index (χ1n) is 6.10. The highest BCUT2D eigenvalue weighted by molar-refractivity contribution is 8.13. The Kier molecular flexibility index (Phi) is 7.04.